The molecule has 0 unspecified atom stereocenters. The van der Waals surface area contributed by atoms with E-state index in [0.717, 1.165) is 12.4 Å². The Morgan fingerprint density at radius 3 is 2.59 bits per heavy atom. The van der Waals surface area contributed by atoms with E-state index in [1.54, 1.807) is 12.4 Å². The molecular formula is C13H16N4. The number of hydrogen-bond donors (Lipinski definition) is 1. The summed E-state index contributed by atoms with van der Waals surface area (Å²) in [5.41, 5.74) is 8.08. The third-order valence-corrected chi connectivity index (χ3v) is 2.72. The largest absolute Gasteiger partial charge is 0.382 e. The number of benzene rings is 1. The van der Waals surface area contributed by atoms with Crippen molar-refractivity contribution in [2.45, 2.75) is 13.5 Å². The van der Waals surface area contributed by atoms with Crippen LogP contribution in [0.1, 0.15) is 11.1 Å². The van der Waals surface area contributed by atoms with Crippen LogP contribution in [0.25, 0.3) is 0 Å². The van der Waals surface area contributed by atoms with E-state index in [2.05, 4.69) is 33.9 Å². The first kappa shape index (κ1) is 11.4. The van der Waals surface area contributed by atoms with Gasteiger partial charge in [-0.15, -0.1) is 0 Å². The van der Waals surface area contributed by atoms with Crippen molar-refractivity contribution in [3.8, 4) is 0 Å². The van der Waals surface area contributed by atoms with Crippen LogP contribution in [0.4, 0.5) is 11.6 Å². The molecule has 0 amide bonds. The molecule has 2 rings (SSSR count). The molecule has 0 radical (unpaired) electrons. The van der Waals surface area contributed by atoms with Gasteiger partial charge in [0.2, 0.25) is 0 Å². The second-order valence-electron chi connectivity index (χ2n) is 4.08. The maximum atomic E-state index is 5.51. The molecule has 1 aromatic carbocycles. The van der Waals surface area contributed by atoms with Crippen molar-refractivity contribution in [1.29, 1.82) is 0 Å². The van der Waals surface area contributed by atoms with Gasteiger partial charge < -0.3 is 10.6 Å². The quantitative estimate of drug-likeness (QED) is 0.873. The molecule has 0 aliphatic carbocycles. The average Bonchev–Trinajstić information content (AvgIpc) is 2.33. The van der Waals surface area contributed by atoms with Gasteiger partial charge in [0.05, 0.1) is 12.4 Å². The number of aromatic nitrogens is 2. The van der Waals surface area contributed by atoms with Crippen LogP contribution in [0.15, 0.2) is 36.7 Å². The van der Waals surface area contributed by atoms with E-state index in [1.165, 1.54) is 11.1 Å². The van der Waals surface area contributed by atoms with Crippen LogP contribution in [0.3, 0.4) is 0 Å². The van der Waals surface area contributed by atoms with Crippen molar-refractivity contribution in [2.24, 2.45) is 0 Å². The average molecular weight is 228 g/mol. The zero-order valence-electron chi connectivity index (χ0n) is 10.1. The second kappa shape index (κ2) is 4.82. The molecule has 1 aromatic heterocycles. The minimum atomic E-state index is 0.443. The Labute approximate surface area is 101 Å². The molecule has 0 atom stereocenters. The molecule has 1 heterocycles. The Hall–Kier alpha value is -2.10. The first-order valence-electron chi connectivity index (χ1n) is 5.50. The van der Waals surface area contributed by atoms with E-state index in [4.69, 9.17) is 5.73 Å². The molecule has 2 aromatic rings. The van der Waals surface area contributed by atoms with Gasteiger partial charge in [-0.2, -0.15) is 0 Å². The molecule has 0 spiro atoms. The Balaban J connectivity index is 2.14. The van der Waals surface area contributed by atoms with Crippen LogP contribution >= 0.6 is 0 Å². The highest BCUT2D eigenvalue weighted by molar-refractivity contribution is 5.40. The fourth-order valence-electron chi connectivity index (χ4n) is 1.65. The van der Waals surface area contributed by atoms with Gasteiger partial charge in [0.15, 0.2) is 0 Å². The lowest BCUT2D eigenvalue weighted by Gasteiger charge is -2.18. The summed E-state index contributed by atoms with van der Waals surface area (Å²) in [5.74, 6) is 1.26. The topological polar surface area (TPSA) is 55.0 Å². The predicted molar refractivity (Wildman–Crippen MR) is 69.7 cm³/mol. The number of rotatable bonds is 3. The highest BCUT2D eigenvalue weighted by Gasteiger charge is 2.05. The van der Waals surface area contributed by atoms with Crippen LogP contribution < -0.4 is 10.6 Å². The molecule has 0 aliphatic rings. The predicted octanol–water partition coefficient (Wildman–Crippen LogP) is 2.00. The highest BCUT2D eigenvalue weighted by Crippen LogP contribution is 2.14. The number of hydrogen-bond acceptors (Lipinski definition) is 4. The molecular weight excluding hydrogens is 212 g/mol. The number of nitrogens with two attached hydrogens (primary N) is 1. The minimum absolute atomic E-state index is 0.443. The number of aryl methyl sites for hydroxylation is 1. The summed E-state index contributed by atoms with van der Waals surface area (Å²) in [6, 6.07) is 8.32. The van der Waals surface area contributed by atoms with Gasteiger partial charge in [-0.05, 0) is 18.1 Å². The summed E-state index contributed by atoms with van der Waals surface area (Å²) in [6.07, 6.45) is 3.26. The normalized spacial score (nSPS) is 10.2. The van der Waals surface area contributed by atoms with Crippen LogP contribution in [0, 0.1) is 6.92 Å². The van der Waals surface area contributed by atoms with E-state index >= 15 is 0 Å². The molecule has 4 heteroatoms. The van der Waals surface area contributed by atoms with Crippen molar-refractivity contribution in [3.05, 3.63) is 47.8 Å². The number of anilines is 2. The molecule has 0 fully saturated rings. The van der Waals surface area contributed by atoms with Gasteiger partial charge in [-0.3, -0.25) is 0 Å². The van der Waals surface area contributed by atoms with Crippen LogP contribution in [0.5, 0.6) is 0 Å². The summed E-state index contributed by atoms with van der Waals surface area (Å²) in [5, 5.41) is 0. The third kappa shape index (κ3) is 2.72. The van der Waals surface area contributed by atoms with E-state index in [9.17, 15) is 0 Å². The Bertz CT molecular complexity index is 493. The van der Waals surface area contributed by atoms with Gasteiger partial charge in [0.1, 0.15) is 11.6 Å². The SMILES string of the molecule is Cc1ccccc1CN(C)c1cnc(N)cn1. The first-order valence-corrected chi connectivity index (χ1v) is 5.50. The monoisotopic (exact) mass is 228 g/mol. The molecule has 4 nitrogen and oxygen atoms in total. The van der Waals surface area contributed by atoms with Gasteiger partial charge in [0, 0.05) is 13.6 Å². The number of nitrogens with zero attached hydrogens (tertiary/aromatic N) is 3. The molecule has 88 valence electrons. The molecule has 2 N–H and O–H groups in total. The summed E-state index contributed by atoms with van der Waals surface area (Å²) in [4.78, 5) is 10.3. The molecule has 0 saturated carbocycles. The van der Waals surface area contributed by atoms with Crippen LogP contribution in [-0.4, -0.2) is 17.0 Å². The maximum Gasteiger partial charge on any atom is 0.147 e. The van der Waals surface area contributed by atoms with E-state index < -0.39 is 0 Å². The molecule has 0 saturated heterocycles. The summed E-state index contributed by atoms with van der Waals surface area (Å²) in [6.45, 7) is 2.92. The lowest BCUT2D eigenvalue weighted by Crippen LogP contribution is -2.18. The number of nitrogen functional groups attached to an aromatic ring is 1. The third-order valence-electron chi connectivity index (χ3n) is 2.72. The fraction of sp³-hybridized carbons (Fsp3) is 0.231. The van der Waals surface area contributed by atoms with Crippen LogP contribution in [0.2, 0.25) is 0 Å². The smallest absolute Gasteiger partial charge is 0.147 e. The van der Waals surface area contributed by atoms with Gasteiger partial charge in [-0.25, -0.2) is 9.97 Å². The van der Waals surface area contributed by atoms with Crippen LogP contribution in [-0.2, 0) is 6.54 Å². The Morgan fingerprint density at radius 1 is 1.18 bits per heavy atom. The zero-order chi connectivity index (χ0) is 12.3. The summed E-state index contributed by atoms with van der Waals surface area (Å²) < 4.78 is 0. The standard InChI is InChI=1S/C13H16N4/c1-10-5-3-4-6-11(10)9-17(2)13-8-15-12(14)7-16-13/h3-8H,9H2,1-2H3,(H2,14,15). The minimum Gasteiger partial charge on any atom is -0.382 e. The van der Waals surface area contributed by atoms with Crippen molar-refractivity contribution >= 4 is 11.6 Å². The summed E-state index contributed by atoms with van der Waals surface area (Å²) in [7, 11) is 1.99. The molecule has 0 bridgehead atoms. The molecule has 17 heavy (non-hydrogen) atoms. The Morgan fingerprint density at radius 2 is 1.94 bits per heavy atom. The maximum absolute atomic E-state index is 5.51. The van der Waals surface area contributed by atoms with E-state index in [-0.39, 0.29) is 0 Å². The summed E-state index contributed by atoms with van der Waals surface area (Å²) >= 11 is 0. The first-order chi connectivity index (χ1) is 8.16. The fourth-order valence-corrected chi connectivity index (χ4v) is 1.65. The lowest BCUT2D eigenvalue weighted by atomic mass is 10.1. The van der Waals surface area contributed by atoms with Crippen molar-refractivity contribution in [3.63, 3.8) is 0 Å². The van der Waals surface area contributed by atoms with Gasteiger partial charge >= 0.3 is 0 Å². The van der Waals surface area contributed by atoms with Gasteiger partial charge in [-0.1, -0.05) is 24.3 Å². The van der Waals surface area contributed by atoms with Crippen molar-refractivity contribution in [1.82, 2.24) is 9.97 Å². The van der Waals surface area contributed by atoms with Crippen molar-refractivity contribution < 1.29 is 0 Å². The van der Waals surface area contributed by atoms with Gasteiger partial charge in [0.25, 0.3) is 0 Å². The second-order valence-corrected chi connectivity index (χ2v) is 4.08. The lowest BCUT2D eigenvalue weighted by molar-refractivity contribution is 0.884. The Kier molecular flexibility index (Phi) is 3.23. The highest BCUT2D eigenvalue weighted by atomic mass is 15.2. The van der Waals surface area contributed by atoms with E-state index in [0.29, 0.717) is 5.82 Å². The van der Waals surface area contributed by atoms with E-state index in [1.807, 2.05) is 19.2 Å². The zero-order valence-corrected chi connectivity index (χ0v) is 10.1. The molecule has 0 aliphatic heterocycles. The van der Waals surface area contributed by atoms with Crippen molar-refractivity contribution in [2.75, 3.05) is 17.7 Å².